The van der Waals surface area contributed by atoms with Crippen molar-refractivity contribution >= 4 is 15.9 Å². The van der Waals surface area contributed by atoms with Gasteiger partial charge >= 0.3 is 0 Å². The number of fused-ring (bicyclic) bond motifs is 1. The number of halogens is 1. The zero-order valence-corrected chi connectivity index (χ0v) is 12.1. The van der Waals surface area contributed by atoms with Crippen LogP contribution >= 0.6 is 15.9 Å². The summed E-state index contributed by atoms with van der Waals surface area (Å²) in [7, 11) is 1.70. The Kier molecular flexibility index (Phi) is 5.00. The van der Waals surface area contributed by atoms with E-state index in [1.165, 1.54) is 11.1 Å². The largest absolute Gasteiger partial charge is 0.493 e. The molecular weight excluding hydrogens is 296 g/mol. The van der Waals surface area contributed by atoms with Crippen LogP contribution in [0.5, 0.6) is 5.75 Å². The molecule has 0 saturated carbocycles. The van der Waals surface area contributed by atoms with Crippen molar-refractivity contribution in [3.8, 4) is 5.75 Å². The van der Waals surface area contributed by atoms with Crippen LogP contribution in [0.25, 0.3) is 0 Å². The van der Waals surface area contributed by atoms with Gasteiger partial charge in [-0.15, -0.1) is 0 Å². The van der Waals surface area contributed by atoms with Gasteiger partial charge in [-0.1, -0.05) is 15.9 Å². The smallest absolute Gasteiger partial charge is 0.125 e. The first kappa shape index (κ1) is 13.8. The van der Waals surface area contributed by atoms with Gasteiger partial charge in [0.1, 0.15) is 5.75 Å². The highest BCUT2D eigenvalue weighted by atomic mass is 79.9. The molecule has 0 bridgehead atoms. The van der Waals surface area contributed by atoms with E-state index in [9.17, 15) is 0 Å². The summed E-state index contributed by atoms with van der Waals surface area (Å²) in [5, 5.41) is 0. The Bertz CT molecular complexity index is 412. The minimum absolute atomic E-state index is 0.201. The molecule has 0 aliphatic carbocycles. The summed E-state index contributed by atoms with van der Waals surface area (Å²) in [5.41, 5.74) is 5.33. The zero-order chi connectivity index (χ0) is 13.0. The van der Waals surface area contributed by atoms with Gasteiger partial charge in [0.25, 0.3) is 0 Å². The van der Waals surface area contributed by atoms with Crippen molar-refractivity contribution in [3.63, 3.8) is 0 Å². The molecule has 1 aliphatic heterocycles. The second kappa shape index (κ2) is 6.52. The summed E-state index contributed by atoms with van der Waals surface area (Å²) >= 11 is 3.55. The number of hydrogen-bond donors (Lipinski definition) is 2. The number of nitrogens with one attached hydrogen (secondary N) is 1. The van der Waals surface area contributed by atoms with Crippen LogP contribution in [-0.2, 0) is 17.6 Å². The van der Waals surface area contributed by atoms with E-state index in [1.807, 2.05) is 0 Å². The van der Waals surface area contributed by atoms with E-state index in [1.54, 1.807) is 7.11 Å². The third-order valence-electron chi connectivity index (χ3n) is 3.20. The van der Waals surface area contributed by atoms with Gasteiger partial charge < -0.3 is 9.47 Å². The molecule has 0 radical (unpaired) electrons. The number of benzene rings is 1. The van der Waals surface area contributed by atoms with Gasteiger partial charge in [0.05, 0.1) is 6.61 Å². The fourth-order valence-electron chi connectivity index (χ4n) is 2.27. The van der Waals surface area contributed by atoms with Crippen LogP contribution in [-0.4, -0.2) is 26.4 Å². The molecule has 0 aromatic heterocycles. The first-order valence-corrected chi connectivity index (χ1v) is 6.93. The van der Waals surface area contributed by atoms with Crippen molar-refractivity contribution in [3.05, 3.63) is 27.7 Å². The molecule has 1 aromatic rings. The standard InChI is InChI=1S/C13H19BrN2O2/c1-17-4-3-12(16-15)8-10-7-11(14)6-9-2-5-18-13(9)10/h6-7,12,16H,2-5,8,15H2,1H3. The van der Waals surface area contributed by atoms with Crippen LogP contribution in [0.4, 0.5) is 0 Å². The van der Waals surface area contributed by atoms with Crippen molar-refractivity contribution in [1.29, 1.82) is 0 Å². The molecule has 0 amide bonds. The quantitative estimate of drug-likeness (QED) is 0.621. The Labute approximate surface area is 116 Å². The van der Waals surface area contributed by atoms with Crippen molar-refractivity contribution in [2.45, 2.75) is 25.3 Å². The second-order valence-corrected chi connectivity index (χ2v) is 5.42. The number of hydrazine groups is 1. The average Bonchev–Trinajstić information content (AvgIpc) is 2.82. The van der Waals surface area contributed by atoms with Crippen molar-refractivity contribution in [2.75, 3.05) is 20.3 Å². The van der Waals surface area contributed by atoms with Crippen LogP contribution in [0.1, 0.15) is 17.5 Å². The summed E-state index contributed by atoms with van der Waals surface area (Å²) in [4.78, 5) is 0. The molecule has 1 atom stereocenters. The van der Waals surface area contributed by atoms with Gasteiger partial charge in [-0.3, -0.25) is 11.3 Å². The van der Waals surface area contributed by atoms with Crippen LogP contribution in [0.15, 0.2) is 16.6 Å². The van der Waals surface area contributed by atoms with Crippen molar-refractivity contribution < 1.29 is 9.47 Å². The summed E-state index contributed by atoms with van der Waals surface area (Å²) in [6.45, 7) is 1.48. The normalized spacial score (nSPS) is 15.3. The molecule has 100 valence electrons. The molecule has 2 rings (SSSR count). The molecule has 1 aromatic carbocycles. The SMILES string of the molecule is COCCC(Cc1cc(Br)cc2c1OCC2)NN. The van der Waals surface area contributed by atoms with Crippen LogP contribution in [0.3, 0.4) is 0 Å². The number of hydrogen-bond acceptors (Lipinski definition) is 4. The highest BCUT2D eigenvalue weighted by molar-refractivity contribution is 9.10. The van der Waals surface area contributed by atoms with E-state index in [4.69, 9.17) is 15.3 Å². The highest BCUT2D eigenvalue weighted by Gasteiger charge is 2.19. The fraction of sp³-hybridized carbons (Fsp3) is 0.538. The third kappa shape index (κ3) is 3.23. The van der Waals surface area contributed by atoms with Crippen molar-refractivity contribution in [1.82, 2.24) is 5.43 Å². The molecule has 5 heteroatoms. The maximum Gasteiger partial charge on any atom is 0.125 e. The molecule has 18 heavy (non-hydrogen) atoms. The van der Waals surface area contributed by atoms with Gasteiger partial charge in [0, 0.05) is 30.7 Å². The third-order valence-corrected chi connectivity index (χ3v) is 3.66. The van der Waals surface area contributed by atoms with E-state index >= 15 is 0 Å². The Morgan fingerprint density at radius 2 is 2.39 bits per heavy atom. The molecule has 1 aliphatic rings. The molecule has 3 N–H and O–H groups in total. The molecule has 0 saturated heterocycles. The number of nitrogens with two attached hydrogens (primary N) is 1. The Balaban J connectivity index is 2.12. The summed E-state index contributed by atoms with van der Waals surface area (Å²) < 4.78 is 11.9. The maximum atomic E-state index is 5.71. The predicted molar refractivity (Wildman–Crippen MR) is 74.6 cm³/mol. The minimum atomic E-state index is 0.201. The molecule has 0 spiro atoms. The van der Waals surface area contributed by atoms with Crippen LogP contribution in [0.2, 0.25) is 0 Å². The van der Waals surface area contributed by atoms with Crippen LogP contribution in [0, 0.1) is 0 Å². The molecule has 4 nitrogen and oxygen atoms in total. The average molecular weight is 315 g/mol. The van der Waals surface area contributed by atoms with E-state index in [0.717, 1.165) is 36.1 Å². The van der Waals surface area contributed by atoms with Gasteiger partial charge in [0.2, 0.25) is 0 Å². The van der Waals surface area contributed by atoms with Gasteiger partial charge in [-0.05, 0) is 36.1 Å². The van der Waals surface area contributed by atoms with Crippen LogP contribution < -0.4 is 16.0 Å². The van der Waals surface area contributed by atoms with Gasteiger partial charge in [0.15, 0.2) is 0 Å². The predicted octanol–water partition coefficient (Wildman–Crippen LogP) is 1.79. The summed E-state index contributed by atoms with van der Waals surface area (Å²) in [5.74, 6) is 6.62. The van der Waals surface area contributed by atoms with Gasteiger partial charge in [-0.25, -0.2) is 0 Å². The second-order valence-electron chi connectivity index (χ2n) is 4.50. The molecular formula is C13H19BrN2O2. The zero-order valence-electron chi connectivity index (χ0n) is 10.5. The molecule has 0 fully saturated rings. The number of methoxy groups -OCH3 is 1. The van der Waals surface area contributed by atoms with E-state index in [2.05, 4.69) is 33.5 Å². The van der Waals surface area contributed by atoms with E-state index in [0.29, 0.717) is 6.61 Å². The molecule has 1 heterocycles. The van der Waals surface area contributed by atoms with Gasteiger partial charge in [-0.2, -0.15) is 0 Å². The first-order valence-electron chi connectivity index (χ1n) is 6.13. The maximum absolute atomic E-state index is 5.71. The lowest BCUT2D eigenvalue weighted by Crippen LogP contribution is -2.37. The number of ether oxygens (including phenoxy) is 2. The number of rotatable bonds is 6. The van der Waals surface area contributed by atoms with Crippen molar-refractivity contribution in [2.24, 2.45) is 5.84 Å². The van der Waals surface area contributed by atoms with E-state index < -0.39 is 0 Å². The molecule has 1 unspecified atom stereocenters. The highest BCUT2D eigenvalue weighted by Crippen LogP contribution is 2.33. The Morgan fingerprint density at radius 3 is 3.11 bits per heavy atom. The minimum Gasteiger partial charge on any atom is -0.493 e. The van der Waals surface area contributed by atoms with E-state index in [-0.39, 0.29) is 6.04 Å². The Hall–Kier alpha value is -0.620. The summed E-state index contributed by atoms with van der Waals surface area (Å²) in [6.07, 6.45) is 2.72. The fourth-order valence-corrected chi connectivity index (χ4v) is 2.82. The lowest BCUT2D eigenvalue weighted by molar-refractivity contribution is 0.182. The first-order chi connectivity index (χ1) is 8.74. The monoisotopic (exact) mass is 314 g/mol. The Morgan fingerprint density at radius 1 is 1.56 bits per heavy atom. The lowest BCUT2D eigenvalue weighted by atomic mass is 10.0. The topological polar surface area (TPSA) is 56.5 Å². The lowest BCUT2D eigenvalue weighted by Gasteiger charge is -2.17. The summed E-state index contributed by atoms with van der Waals surface area (Å²) in [6, 6.07) is 4.44.